The fourth-order valence-corrected chi connectivity index (χ4v) is 4.96. The average molecular weight is 443 g/mol. The van der Waals surface area contributed by atoms with E-state index in [9.17, 15) is 18.6 Å². The minimum Gasteiger partial charge on any atom is -0.395 e. The van der Waals surface area contributed by atoms with Crippen molar-refractivity contribution in [2.24, 2.45) is 4.40 Å². The number of sulfonamides is 1. The third kappa shape index (κ3) is 3.92. The number of aliphatic hydroxyl groups excluding tert-OH is 1. The van der Waals surface area contributed by atoms with E-state index in [-0.39, 0.29) is 30.4 Å². The zero-order chi connectivity index (χ0) is 22.2. The van der Waals surface area contributed by atoms with Crippen molar-refractivity contribution in [2.75, 3.05) is 26.3 Å². The molecule has 8 heteroatoms. The maximum absolute atomic E-state index is 13.1. The molecule has 0 bridgehead atoms. The van der Waals surface area contributed by atoms with Gasteiger partial charge in [-0.15, -0.1) is 0 Å². The lowest BCUT2D eigenvalue weighted by molar-refractivity contribution is -0.219. The van der Waals surface area contributed by atoms with Crippen molar-refractivity contribution >= 4 is 15.7 Å². The molecule has 1 heterocycles. The van der Waals surface area contributed by atoms with Gasteiger partial charge in [-0.1, -0.05) is 50.2 Å². The van der Waals surface area contributed by atoms with Gasteiger partial charge in [-0.25, -0.2) is 0 Å². The molecular formula is C23H26N2O5S. The highest BCUT2D eigenvalue weighted by Crippen LogP contribution is 2.41. The van der Waals surface area contributed by atoms with Gasteiger partial charge in [-0.3, -0.25) is 0 Å². The van der Waals surface area contributed by atoms with E-state index in [1.165, 1.54) is 6.08 Å². The minimum atomic E-state index is -3.98. The number of hydrogen-bond donors (Lipinski definition) is 2. The predicted molar refractivity (Wildman–Crippen MR) is 117 cm³/mol. The van der Waals surface area contributed by atoms with Crippen molar-refractivity contribution < 1.29 is 23.4 Å². The molecule has 0 spiro atoms. The molecule has 2 aliphatic rings. The molecule has 0 amide bonds. The summed E-state index contributed by atoms with van der Waals surface area (Å²) in [6, 6.07) is 13.6. The van der Waals surface area contributed by atoms with Crippen molar-refractivity contribution in [2.45, 2.75) is 30.4 Å². The van der Waals surface area contributed by atoms with Crippen molar-refractivity contribution in [3.05, 3.63) is 77.0 Å². The van der Waals surface area contributed by atoms with E-state index in [0.717, 1.165) is 5.56 Å². The molecular weight excluding hydrogens is 416 g/mol. The van der Waals surface area contributed by atoms with Gasteiger partial charge in [0.2, 0.25) is 5.79 Å². The van der Waals surface area contributed by atoms with E-state index in [0.29, 0.717) is 29.3 Å². The zero-order valence-electron chi connectivity index (χ0n) is 17.5. The van der Waals surface area contributed by atoms with E-state index < -0.39 is 15.8 Å². The Kier molecular flexibility index (Phi) is 5.74. The quantitative estimate of drug-likeness (QED) is 0.738. The molecule has 0 unspecified atom stereocenters. The minimum absolute atomic E-state index is 0.105. The Morgan fingerprint density at radius 3 is 2.55 bits per heavy atom. The molecule has 1 atom stereocenters. The van der Waals surface area contributed by atoms with Crippen molar-refractivity contribution in [3.63, 3.8) is 0 Å². The lowest BCUT2D eigenvalue weighted by atomic mass is 9.86. The van der Waals surface area contributed by atoms with Gasteiger partial charge in [0.1, 0.15) is 0 Å². The summed E-state index contributed by atoms with van der Waals surface area (Å²) in [6.07, 6.45) is 1.54. The molecule has 31 heavy (non-hydrogen) atoms. The Bertz CT molecular complexity index is 1140. The summed E-state index contributed by atoms with van der Waals surface area (Å²) in [5, 5.41) is 20.8. The molecule has 2 aromatic rings. The SMILES string of the molecule is CC(C)c1ccc(S(=O)(=O)N=C2C=C3N(CCO)CCO[C@]3(O)c3ccccc32)cc1. The largest absolute Gasteiger partial charge is 0.395 e. The number of β-amino-alcohol motifs (C(OH)–C–C–N with tert-alkyl or cyclic N) is 1. The summed E-state index contributed by atoms with van der Waals surface area (Å²) < 4.78 is 36.0. The normalized spacial score (nSPS) is 22.3. The number of allylic oxidation sites excluding steroid dienone is 1. The fraction of sp³-hybridized carbons (Fsp3) is 0.348. The van der Waals surface area contributed by atoms with Crippen molar-refractivity contribution in [1.29, 1.82) is 0 Å². The van der Waals surface area contributed by atoms with Crippen LogP contribution in [0.15, 0.2) is 69.6 Å². The van der Waals surface area contributed by atoms with Crippen LogP contribution in [0.4, 0.5) is 0 Å². The number of morpholine rings is 1. The summed E-state index contributed by atoms with van der Waals surface area (Å²) in [5.74, 6) is -1.43. The molecule has 4 rings (SSSR count). The molecule has 0 radical (unpaired) electrons. The van der Waals surface area contributed by atoms with Gasteiger partial charge in [-0.2, -0.15) is 12.8 Å². The third-order valence-electron chi connectivity index (χ3n) is 5.63. The topological polar surface area (TPSA) is 99.4 Å². The number of ether oxygens (including phenoxy) is 1. The molecule has 2 N–H and O–H groups in total. The van der Waals surface area contributed by atoms with E-state index >= 15 is 0 Å². The maximum Gasteiger partial charge on any atom is 0.282 e. The van der Waals surface area contributed by atoms with E-state index in [1.54, 1.807) is 53.4 Å². The first kappa shape index (κ1) is 21.7. The first-order valence-electron chi connectivity index (χ1n) is 10.3. The van der Waals surface area contributed by atoms with Crippen LogP contribution in [0, 0.1) is 0 Å². The van der Waals surface area contributed by atoms with E-state index in [1.807, 2.05) is 13.8 Å². The highest BCUT2D eigenvalue weighted by Gasteiger charge is 2.46. The van der Waals surface area contributed by atoms with Crippen LogP contribution in [-0.2, 0) is 20.5 Å². The van der Waals surface area contributed by atoms with Gasteiger partial charge in [0, 0.05) is 24.2 Å². The van der Waals surface area contributed by atoms with E-state index in [2.05, 4.69) is 4.40 Å². The number of hydrogen-bond acceptors (Lipinski definition) is 6. The van der Waals surface area contributed by atoms with Crippen LogP contribution in [-0.4, -0.2) is 55.5 Å². The summed E-state index contributed by atoms with van der Waals surface area (Å²) >= 11 is 0. The average Bonchev–Trinajstić information content (AvgIpc) is 2.75. The van der Waals surface area contributed by atoms with Gasteiger partial charge >= 0.3 is 0 Å². The Balaban J connectivity index is 1.83. The van der Waals surface area contributed by atoms with Crippen molar-refractivity contribution in [3.8, 4) is 0 Å². The molecule has 1 aliphatic carbocycles. The second kappa shape index (κ2) is 8.20. The Hall–Kier alpha value is -2.52. The summed E-state index contributed by atoms with van der Waals surface area (Å²) in [6.45, 7) is 5.00. The van der Waals surface area contributed by atoms with Crippen LogP contribution in [0.3, 0.4) is 0 Å². The molecule has 1 aliphatic heterocycles. The lowest BCUT2D eigenvalue weighted by Gasteiger charge is -2.45. The standard InChI is InChI=1S/C23H26N2O5S/c1-16(2)17-7-9-18(10-8-17)31(28,29)24-21-15-22-23(27,20-6-4-3-5-19(20)21)30-14-12-25(22)11-13-26/h3-10,15-16,26-27H,11-14H2,1-2H3/t23-/m1/s1. The number of rotatable bonds is 5. The highest BCUT2D eigenvalue weighted by atomic mass is 32.2. The molecule has 1 saturated heterocycles. The van der Waals surface area contributed by atoms with Crippen LogP contribution in [0.2, 0.25) is 0 Å². The van der Waals surface area contributed by atoms with Gasteiger partial charge < -0.3 is 19.8 Å². The molecule has 7 nitrogen and oxygen atoms in total. The van der Waals surface area contributed by atoms with Gasteiger partial charge in [-0.05, 0) is 29.7 Å². The first-order valence-corrected chi connectivity index (χ1v) is 11.7. The Morgan fingerprint density at radius 1 is 1.16 bits per heavy atom. The molecule has 0 aromatic heterocycles. The second-order valence-corrected chi connectivity index (χ2v) is 9.56. The number of fused-ring (bicyclic) bond motifs is 3. The summed E-state index contributed by atoms with van der Waals surface area (Å²) in [7, 11) is -3.98. The number of nitrogens with zero attached hydrogens (tertiary/aromatic N) is 2. The van der Waals surface area contributed by atoms with Crippen molar-refractivity contribution in [1.82, 2.24) is 4.90 Å². The molecule has 0 saturated carbocycles. The Morgan fingerprint density at radius 2 is 1.87 bits per heavy atom. The zero-order valence-corrected chi connectivity index (χ0v) is 18.3. The number of benzene rings is 2. The summed E-state index contributed by atoms with van der Waals surface area (Å²) in [5.41, 5.74) is 2.55. The Labute approximate surface area is 182 Å². The first-order chi connectivity index (χ1) is 14.8. The number of aliphatic hydroxyl groups is 2. The van der Waals surface area contributed by atoms with Gasteiger partial charge in [0.25, 0.3) is 10.0 Å². The third-order valence-corrected chi connectivity index (χ3v) is 6.94. The smallest absolute Gasteiger partial charge is 0.282 e. The van der Waals surface area contributed by atoms with Gasteiger partial charge in [0.05, 0.1) is 29.5 Å². The van der Waals surface area contributed by atoms with Crippen LogP contribution in [0.1, 0.15) is 36.5 Å². The predicted octanol–water partition coefficient (Wildman–Crippen LogP) is 2.36. The molecule has 1 fully saturated rings. The fourth-order valence-electron chi connectivity index (χ4n) is 3.96. The second-order valence-electron chi connectivity index (χ2n) is 7.95. The highest BCUT2D eigenvalue weighted by molar-refractivity contribution is 7.90. The lowest BCUT2D eigenvalue weighted by Crippen LogP contribution is -2.50. The van der Waals surface area contributed by atoms with E-state index in [4.69, 9.17) is 4.74 Å². The molecule has 164 valence electrons. The summed E-state index contributed by atoms with van der Waals surface area (Å²) in [4.78, 5) is 1.90. The van der Waals surface area contributed by atoms with Crippen LogP contribution < -0.4 is 0 Å². The maximum atomic E-state index is 13.1. The van der Waals surface area contributed by atoms with Gasteiger partial charge in [0.15, 0.2) is 0 Å². The molecule has 2 aromatic carbocycles. The van der Waals surface area contributed by atoms with Crippen LogP contribution >= 0.6 is 0 Å². The van der Waals surface area contributed by atoms with Crippen LogP contribution in [0.5, 0.6) is 0 Å². The van der Waals surface area contributed by atoms with Crippen LogP contribution in [0.25, 0.3) is 0 Å². The monoisotopic (exact) mass is 442 g/mol.